The van der Waals surface area contributed by atoms with Crippen molar-refractivity contribution in [1.82, 2.24) is 4.90 Å². The van der Waals surface area contributed by atoms with Crippen molar-refractivity contribution >= 4 is 29.3 Å². The molecule has 0 spiro atoms. The molecule has 1 saturated heterocycles. The number of benzene rings is 1. The number of nitro benzene ring substituents is 1. The molecular formula is C11H9FN2O5S. The first-order valence-electron chi connectivity index (χ1n) is 5.47. The summed E-state index contributed by atoms with van der Waals surface area (Å²) in [6.45, 7) is 0. The Hall–Kier alpha value is -2.16. The number of aliphatic carboxylic acids is 1. The molecule has 2 rings (SSSR count). The van der Waals surface area contributed by atoms with Crippen molar-refractivity contribution in [1.29, 1.82) is 0 Å². The number of rotatable bonds is 3. The number of carboxylic acid groups (broad SMARTS) is 1. The van der Waals surface area contributed by atoms with Gasteiger partial charge in [-0.05, 0) is 12.1 Å². The highest BCUT2D eigenvalue weighted by Gasteiger charge is 2.35. The number of hydrogen-bond acceptors (Lipinski definition) is 5. The van der Waals surface area contributed by atoms with Crippen molar-refractivity contribution in [3.8, 4) is 0 Å². The minimum absolute atomic E-state index is 0.105. The maximum Gasteiger partial charge on any atom is 0.327 e. The highest BCUT2D eigenvalue weighted by Crippen LogP contribution is 2.25. The lowest BCUT2D eigenvalue weighted by molar-refractivity contribution is -0.387. The first-order valence-corrected chi connectivity index (χ1v) is 6.62. The third-order valence-corrected chi connectivity index (χ3v) is 3.83. The predicted octanol–water partition coefficient (Wildman–Crippen LogP) is 1.33. The van der Waals surface area contributed by atoms with E-state index in [1.807, 2.05) is 0 Å². The molecule has 0 bridgehead atoms. The topological polar surface area (TPSA) is 101 Å². The Morgan fingerprint density at radius 3 is 2.80 bits per heavy atom. The molecule has 1 aromatic rings. The number of amides is 1. The zero-order valence-corrected chi connectivity index (χ0v) is 10.8. The summed E-state index contributed by atoms with van der Waals surface area (Å²) in [6, 6.07) is 1.77. The highest BCUT2D eigenvalue weighted by molar-refractivity contribution is 7.99. The van der Waals surface area contributed by atoms with Crippen LogP contribution in [-0.2, 0) is 4.79 Å². The summed E-state index contributed by atoms with van der Waals surface area (Å²) in [7, 11) is 0. The van der Waals surface area contributed by atoms with Crippen LogP contribution < -0.4 is 0 Å². The molecule has 7 nitrogen and oxygen atoms in total. The van der Waals surface area contributed by atoms with Crippen LogP contribution in [0.3, 0.4) is 0 Å². The number of carbonyl (C=O) groups excluding carboxylic acids is 1. The number of halogens is 1. The van der Waals surface area contributed by atoms with Gasteiger partial charge in [0.25, 0.3) is 5.91 Å². The maximum absolute atomic E-state index is 13.2. The van der Waals surface area contributed by atoms with Gasteiger partial charge in [0.15, 0.2) is 0 Å². The molecule has 0 radical (unpaired) electrons. The lowest BCUT2D eigenvalue weighted by atomic mass is 10.1. The molecule has 1 heterocycles. The van der Waals surface area contributed by atoms with Crippen molar-refractivity contribution in [3.05, 3.63) is 39.7 Å². The fraction of sp³-hybridized carbons (Fsp3) is 0.273. The molecule has 9 heteroatoms. The van der Waals surface area contributed by atoms with Crippen LogP contribution in [0.1, 0.15) is 10.4 Å². The second-order valence-electron chi connectivity index (χ2n) is 4.05. The van der Waals surface area contributed by atoms with Crippen LogP contribution in [0.25, 0.3) is 0 Å². The lowest BCUT2D eigenvalue weighted by Gasteiger charge is -2.20. The van der Waals surface area contributed by atoms with E-state index in [2.05, 4.69) is 0 Å². The second-order valence-corrected chi connectivity index (χ2v) is 5.05. The summed E-state index contributed by atoms with van der Waals surface area (Å²) in [5.74, 6) is -2.41. The predicted molar refractivity (Wildman–Crippen MR) is 68.0 cm³/mol. The van der Waals surface area contributed by atoms with Gasteiger partial charge < -0.3 is 10.0 Å². The van der Waals surface area contributed by atoms with Gasteiger partial charge in [0, 0.05) is 17.4 Å². The molecule has 1 amide bonds. The maximum atomic E-state index is 13.2. The van der Waals surface area contributed by atoms with E-state index in [1.165, 1.54) is 11.8 Å². The van der Waals surface area contributed by atoms with Crippen LogP contribution in [0.2, 0.25) is 0 Å². The summed E-state index contributed by atoms with van der Waals surface area (Å²) >= 11 is 1.27. The fourth-order valence-corrected chi connectivity index (χ4v) is 2.94. The molecule has 0 aliphatic carbocycles. The van der Waals surface area contributed by atoms with Gasteiger partial charge in [0.2, 0.25) is 5.82 Å². The quantitative estimate of drug-likeness (QED) is 0.667. The number of carbonyl (C=O) groups is 2. The van der Waals surface area contributed by atoms with Crippen LogP contribution in [-0.4, -0.2) is 44.5 Å². The monoisotopic (exact) mass is 300 g/mol. The Morgan fingerprint density at radius 2 is 2.20 bits per heavy atom. The SMILES string of the molecule is O=C(O)C1CSCN1C(=O)c1ccc(F)c([N+](=O)[O-])c1. The molecule has 0 saturated carbocycles. The van der Waals surface area contributed by atoms with Gasteiger partial charge >= 0.3 is 11.7 Å². The number of thioether (sulfide) groups is 1. The lowest BCUT2D eigenvalue weighted by Crippen LogP contribution is -2.41. The Balaban J connectivity index is 2.32. The first kappa shape index (κ1) is 14.3. The van der Waals surface area contributed by atoms with Crippen LogP contribution in [0, 0.1) is 15.9 Å². The standard InChI is InChI=1S/C11H9FN2O5S/c12-7-2-1-6(3-8(7)14(18)19)10(15)13-5-20-4-9(13)11(16)17/h1-3,9H,4-5H2,(H,16,17). The van der Waals surface area contributed by atoms with Gasteiger partial charge in [-0.2, -0.15) is 4.39 Å². The molecule has 106 valence electrons. The molecule has 1 atom stereocenters. The third-order valence-electron chi connectivity index (χ3n) is 2.82. The van der Waals surface area contributed by atoms with Gasteiger partial charge in [-0.1, -0.05) is 0 Å². The first-order chi connectivity index (χ1) is 9.41. The van der Waals surface area contributed by atoms with Gasteiger partial charge in [-0.15, -0.1) is 11.8 Å². The van der Waals surface area contributed by atoms with Gasteiger partial charge in [-0.25, -0.2) is 4.79 Å². The molecule has 1 N–H and O–H groups in total. The molecule has 1 aliphatic rings. The minimum atomic E-state index is -1.14. The average molecular weight is 300 g/mol. The summed E-state index contributed by atoms with van der Waals surface area (Å²) in [6.07, 6.45) is 0. The second kappa shape index (κ2) is 5.45. The molecule has 1 fully saturated rings. The zero-order chi connectivity index (χ0) is 14.9. The summed E-state index contributed by atoms with van der Waals surface area (Å²) in [5.41, 5.74) is -0.915. The molecular weight excluding hydrogens is 291 g/mol. The van der Waals surface area contributed by atoms with Gasteiger partial charge in [0.1, 0.15) is 6.04 Å². The Bertz CT molecular complexity index is 594. The number of carboxylic acids is 1. The summed E-state index contributed by atoms with van der Waals surface area (Å²) in [4.78, 5) is 34.0. The van der Waals surface area contributed by atoms with E-state index in [1.54, 1.807) is 0 Å². The van der Waals surface area contributed by atoms with Crippen LogP contribution >= 0.6 is 11.8 Å². The minimum Gasteiger partial charge on any atom is -0.480 e. The van der Waals surface area contributed by atoms with Crippen molar-refractivity contribution in [2.75, 3.05) is 11.6 Å². The van der Waals surface area contributed by atoms with Gasteiger partial charge in [-0.3, -0.25) is 14.9 Å². The largest absolute Gasteiger partial charge is 0.480 e. The van der Waals surface area contributed by atoms with Gasteiger partial charge in [0.05, 0.1) is 10.8 Å². The van der Waals surface area contributed by atoms with Crippen molar-refractivity contribution < 1.29 is 24.0 Å². The fourth-order valence-electron chi connectivity index (χ4n) is 1.80. The molecule has 0 aromatic heterocycles. The van der Waals surface area contributed by atoms with Crippen molar-refractivity contribution in [2.45, 2.75) is 6.04 Å². The molecule has 1 aromatic carbocycles. The normalized spacial score (nSPS) is 18.1. The summed E-state index contributed by atoms with van der Waals surface area (Å²) < 4.78 is 13.2. The number of hydrogen-bond donors (Lipinski definition) is 1. The van der Waals surface area contributed by atoms with E-state index in [-0.39, 0.29) is 17.2 Å². The van der Waals surface area contributed by atoms with Crippen LogP contribution in [0.15, 0.2) is 18.2 Å². The Kier molecular flexibility index (Phi) is 3.89. The molecule has 20 heavy (non-hydrogen) atoms. The summed E-state index contributed by atoms with van der Waals surface area (Å²) in [5, 5.41) is 19.6. The van der Waals surface area contributed by atoms with E-state index in [0.29, 0.717) is 0 Å². The van der Waals surface area contributed by atoms with Crippen LogP contribution in [0.4, 0.5) is 10.1 Å². The van der Waals surface area contributed by atoms with Crippen molar-refractivity contribution in [3.63, 3.8) is 0 Å². The smallest absolute Gasteiger partial charge is 0.327 e. The molecule has 1 aliphatic heterocycles. The molecule has 1 unspecified atom stereocenters. The number of nitro groups is 1. The van der Waals surface area contributed by atoms with E-state index >= 15 is 0 Å². The van der Waals surface area contributed by atoms with Crippen LogP contribution in [0.5, 0.6) is 0 Å². The Labute approximate surface area is 116 Å². The van der Waals surface area contributed by atoms with E-state index in [0.717, 1.165) is 23.1 Å². The van der Waals surface area contributed by atoms with Crippen molar-refractivity contribution in [2.24, 2.45) is 0 Å². The Morgan fingerprint density at radius 1 is 1.50 bits per heavy atom. The number of nitrogens with zero attached hydrogens (tertiary/aromatic N) is 2. The average Bonchev–Trinajstić information content (AvgIpc) is 2.87. The van der Waals surface area contributed by atoms with E-state index in [4.69, 9.17) is 5.11 Å². The third kappa shape index (κ3) is 2.57. The zero-order valence-electron chi connectivity index (χ0n) is 9.98. The highest BCUT2D eigenvalue weighted by atomic mass is 32.2. The van der Waals surface area contributed by atoms with E-state index < -0.39 is 34.3 Å². The van der Waals surface area contributed by atoms with E-state index in [9.17, 15) is 24.1 Å².